The molecule has 0 saturated heterocycles. The van der Waals surface area contributed by atoms with E-state index < -0.39 is 10.0 Å². The molecule has 1 heterocycles. The lowest BCUT2D eigenvalue weighted by molar-refractivity contribution is -0.129. The van der Waals surface area contributed by atoms with Gasteiger partial charge in [-0.2, -0.15) is 0 Å². The van der Waals surface area contributed by atoms with Gasteiger partial charge in [0, 0.05) is 19.2 Å². The Morgan fingerprint density at radius 1 is 1.25 bits per heavy atom. The van der Waals surface area contributed by atoms with Crippen LogP contribution >= 0.6 is 0 Å². The maximum Gasteiger partial charge on any atom is 0.243 e. The molecule has 2 aromatic rings. The van der Waals surface area contributed by atoms with Crippen LogP contribution in [-0.2, 0) is 21.4 Å². The number of hydrogen-bond acceptors (Lipinski definition) is 5. The minimum absolute atomic E-state index is 0.110. The van der Waals surface area contributed by atoms with Crippen molar-refractivity contribution in [3.05, 3.63) is 47.7 Å². The van der Waals surface area contributed by atoms with Crippen LogP contribution in [0.1, 0.15) is 18.2 Å². The van der Waals surface area contributed by atoms with E-state index in [9.17, 15) is 13.2 Å². The van der Waals surface area contributed by atoms with Gasteiger partial charge in [-0.3, -0.25) is 4.79 Å². The molecule has 0 bridgehead atoms. The Morgan fingerprint density at radius 2 is 1.92 bits per heavy atom. The van der Waals surface area contributed by atoms with Gasteiger partial charge in [-0.05, 0) is 19.4 Å². The summed E-state index contributed by atoms with van der Waals surface area (Å²) in [5, 5.41) is 3.71. The van der Waals surface area contributed by atoms with Gasteiger partial charge in [0.1, 0.15) is 12.3 Å². The van der Waals surface area contributed by atoms with Gasteiger partial charge < -0.3 is 9.42 Å². The summed E-state index contributed by atoms with van der Waals surface area (Å²) in [5.41, 5.74) is 0.982. The van der Waals surface area contributed by atoms with Crippen LogP contribution in [0.5, 0.6) is 0 Å². The third-order valence-electron chi connectivity index (χ3n) is 3.50. The molecule has 8 heteroatoms. The number of carbonyl (C=O) groups is 1. The topological polar surface area (TPSA) is 83.7 Å². The largest absolute Gasteiger partial charge is 0.360 e. The van der Waals surface area contributed by atoms with Crippen LogP contribution in [0.3, 0.4) is 0 Å². The molecule has 0 fully saturated rings. The van der Waals surface area contributed by atoms with E-state index in [4.69, 9.17) is 4.52 Å². The van der Waals surface area contributed by atoms with Gasteiger partial charge in [0.05, 0.1) is 6.26 Å². The number of amides is 1. The van der Waals surface area contributed by atoms with E-state index in [1.165, 1.54) is 6.07 Å². The molecule has 0 N–H and O–H groups in total. The van der Waals surface area contributed by atoms with Crippen molar-refractivity contribution in [2.75, 3.05) is 23.7 Å². The van der Waals surface area contributed by atoms with Gasteiger partial charge in [0.15, 0.2) is 5.82 Å². The van der Waals surface area contributed by atoms with E-state index in [0.29, 0.717) is 18.8 Å². The lowest BCUT2D eigenvalue weighted by Crippen LogP contribution is -2.42. The molecule has 130 valence electrons. The summed E-state index contributed by atoms with van der Waals surface area (Å²) in [6, 6.07) is 11.0. The van der Waals surface area contributed by atoms with Gasteiger partial charge in [0.2, 0.25) is 15.9 Å². The molecule has 1 aromatic heterocycles. The molecule has 0 saturated carbocycles. The van der Waals surface area contributed by atoms with Crippen molar-refractivity contribution in [3.8, 4) is 0 Å². The highest BCUT2D eigenvalue weighted by molar-refractivity contribution is 7.92. The maximum atomic E-state index is 12.6. The second-order valence-corrected chi connectivity index (χ2v) is 7.37. The Kier molecular flexibility index (Phi) is 5.61. The number of sulfonamides is 1. The molecule has 0 atom stereocenters. The summed E-state index contributed by atoms with van der Waals surface area (Å²) in [7, 11) is -3.65. The number of rotatable bonds is 7. The minimum Gasteiger partial charge on any atom is -0.360 e. The summed E-state index contributed by atoms with van der Waals surface area (Å²) < 4.78 is 29.9. The Bertz CT molecular complexity index is 787. The van der Waals surface area contributed by atoms with Crippen molar-refractivity contribution < 1.29 is 17.7 Å². The molecule has 0 aliphatic heterocycles. The zero-order chi connectivity index (χ0) is 17.7. The zero-order valence-corrected chi connectivity index (χ0v) is 14.8. The summed E-state index contributed by atoms with van der Waals surface area (Å²) in [4.78, 5) is 14.2. The standard InChI is InChI=1S/C16H21N3O4S/c1-4-18(11-14-8-6-5-7-9-14)16(20)12-19(24(3,21)22)15-10-13(2)23-17-15/h5-10H,4,11-12H2,1-3H3. The Hall–Kier alpha value is -2.35. The predicted molar refractivity (Wildman–Crippen MR) is 91.0 cm³/mol. The fourth-order valence-electron chi connectivity index (χ4n) is 2.24. The van der Waals surface area contributed by atoms with Crippen LogP contribution in [0.15, 0.2) is 40.9 Å². The molecule has 0 aliphatic carbocycles. The molecule has 24 heavy (non-hydrogen) atoms. The molecule has 0 radical (unpaired) electrons. The van der Waals surface area contributed by atoms with Crippen molar-refractivity contribution >= 4 is 21.7 Å². The van der Waals surface area contributed by atoms with Crippen molar-refractivity contribution in [2.45, 2.75) is 20.4 Å². The molecule has 0 unspecified atom stereocenters. The average molecular weight is 351 g/mol. The van der Waals surface area contributed by atoms with E-state index in [1.807, 2.05) is 37.3 Å². The third kappa shape index (κ3) is 4.58. The highest BCUT2D eigenvalue weighted by Crippen LogP contribution is 2.17. The number of nitrogens with zero attached hydrogens (tertiary/aromatic N) is 3. The maximum absolute atomic E-state index is 12.6. The monoisotopic (exact) mass is 351 g/mol. The number of benzene rings is 1. The van der Waals surface area contributed by atoms with Crippen LogP contribution in [-0.4, -0.2) is 43.7 Å². The molecular formula is C16H21N3O4S. The number of likely N-dealkylation sites (N-methyl/N-ethyl adjacent to an activating group) is 1. The average Bonchev–Trinajstić information content (AvgIpc) is 2.96. The van der Waals surface area contributed by atoms with Crippen molar-refractivity contribution in [1.82, 2.24) is 10.1 Å². The van der Waals surface area contributed by atoms with Gasteiger partial charge in [-0.25, -0.2) is 12.7 Å². The molecule has 7 nitrogen and oxygen atoms in total. The van der Waals surface area contributed by atoms with Gasteiger partial charge >= 0.3 is 0 Å². The van der Waals surface area contributed by atoms with Gasteiger partial charge in [-0.1, -0.05) is 35.5 Å². The second-order valence-electron chi connectivity index (χ2n) is 5.46. The molecule has 2 rings (SSSR count). The van der Waals surface area contributed by atoms with Crippen LogP contribution in [0.4, 0.5) is 5.82 Å². The zero-order valence-electron chi connectivity index (χ0n) is 14.0. The molecule has 0 spiro atoms. The van der Waals surface area contributed by atoms with Crippen molar-refractivity contribution in [1.29, 1.82) is 0 Å². The quantitative estimate of drug-likeness (QED) is 0.759. The number of carbonyl (C=O) groups excluding carboxylic acids is 1. The number of aryl methyl sites for hydroxylation is 1. The molecule has 1 aromatic carbocycles. The Balaban J connectivity index is 2.17. The minimum atomic E-state index is -3.65. The highest BCUT2D eigenvalue weighted by atomic mass is 32.2. The molecule has 0 aliphatic rings. The van der Waals surface area contributed by atoms with Crippen LogP contribution in [0.2, 0.25) is 0 Å². The second kappa shape index (κ2) is 7.48. The Morgan fingerprint density at radius 3 is 2.42 bits per heavy atom. The molecule has 1 amide bonds. The lowest BCUT2D eigenvalue weighted by Gasteiger charge is -2.25. The summed E-state index contributed by atoms with van der Waals surface area (Å²) >= 11 is 0. The van der Waals surface area contributed by atoms with E-state index >= 15 is 0 Å². The normalized spacial score (nSPS) is 11.3. The fourth-order valence-corrected chi connectivity index (χ4v) is 3.01. The van der Waals surface area contributed by atoms with Crippen LogP contribution < -0.4 is 4.31 Å². The van der Waals surface area contributed by atoms with E-state index in [2.05, 4.69) is 5.16 Å². The van der Waals surface area contributed by atoms with Crippen molar-refractivity contribution in [3.63, 3.8) is 0 Å². The Labute approximate surface area is 141 Å². The first-order valence-corrected chi connectivity index (χ1v) is 9.39. The first-order valence-electron chi connectivity index (χ1n) is 7.54. The number of anilines is 1. The summed E-state index contributed by atoms with van der Waals surface area (Å²) in [6.45, 7) is 4.10. The number of aromatic nitrogens is 1. The first kappa shape index (κ1) is 18.0. The summed E-state index contributed by atoms with van der Waals surface area (Å²) in [5.74, 6) is 0.286. The fraction of sp³-hybridized carbons (Fsp3) is 0.375. The highest BCUT2D eigenvalue weighted by Gasteiger charge is 2.26. The SMILES string of the molecule is CCN(Cc1ccccc1)C(=O)CN(c1cc(C)on1)S(C)(=O)=O. The van der Waals surface area contributed by atoms with E-state index in [0.717, 1.165) is 16.1 Å². The predicted octanol–water partition coefficient (Wildman–Crippen LogP) is 1.80. The van der Waals surface area contributed by atoms with Gasteiger partial charge in [0.25, 0.3) is 0 Å². The van der Waals surface area contributed by atoms with Crippen molar-refractivity contribution in [2.24, 2.45) is 0 Å². The summed E-state index contributed by atoms with van der Waals surface area (Å²) in [6.07, 6.45) is 1.04. The third-order valence-corrected chi connectivity index (χ3v) is 4.62. The van der Waals surface area contributed by atoms with Crippen LogP contribution in [0.25, 0.3) is 0 Å². The van der Waals surface area contributed by atoms with Crippen LogP contribution in [0, 0.1) is 6.92 Å². The van der Waals surface area contributed by atoms with E-state index in [-0.39, 0.29) is 18.3 Å². The number of hydrogen-bond donors (Lipinski definition) is 0. The first-order chi connectivity index (χ1) is 11.3. The lowest BCUT2D eigenvalue weighted by atomic mass is 10.2. The smallest absolute Gasteiger partial charge is 0.243 e. The van der Waals surface area contributed by atoms with E-state index in [1.54, 1.807) is 11.8 Å². The van der Waals surface area contributed by atoms with Gasteiger partial charge in [-0.15, -0.1) is 0 Å². The molecular weight excluding hydrogens is 330 g/mol.